The van der Waals surface area contributed by atoms with Crippen LogP contribution in [-0.2, 0) is 13.1 Å². The van der Waals surface area contributed by atoms with Crippen molar-refractivity contribution < 1.29 is 0 Å². The Morgan fingerprint density at radius 2 is 2.00 bits per heavy atom. The number of aryl methyl sites for hydroxylation is 2. The van der Waals surface area contributed by atoms with Gasteiger partial charge in [0.1, 0.15) is 0 Å². The molecule has 0 aliphatic carbocycles. The van der Waals surface area contributed by atoms with E-state index in [2.05, 4.69) is 56.3 Å². The first-order valence-corrected chi connectivity index (χ1v) is 6.74. The Morgan fingerprint density at radius 3 is 2.56 bits per heavy atom. The molecule has 0 saturated heterocycles. The lowest BCUT2D eigenvalue weighted by Gasteiger charge is -2.20. The summed E-state index contributed by atoms with van der Waals surface area (Å²) >= 11 is 0. The van der Waals surface area contributed by atoms with Crippen molar-refractivity contribution in [3.63, 3.8) is 0 Å². The predicted octanol–water partition coefficient (Wildman–Crippen LogP) is 3.35. The van der Waals surface area contributed by atoms with E-state index in [1.165, 1.54) is 11.3 Å². The first-order chi connectivity index (χ1) is 8.35. The minimum absolute atomic E-state index is 0.143. The maximum atomic E-state index is 4.63. The second-order valence-electron chi connectivity index (χ2n) is 5.91. The Balaban J connectivity index is 2.71. The molecule has 0 fully saturated rings. The van der Waals surface area contributed by atoms with Gasteiger partial charge in [-0.25, -0.2) is 0 Å². The molecular formula is C15H27N3. The molecule has 1 aromatic rings. The molecule has 18 heavy (non-hydrogen) atoms. The van der Waals surface area contributed by atoms with Crippen molar-refractivity contribution in [1.29, 1.82) is 0 Å². The minimum Gasteiger partial charge on any atom is -0.308 e. The van der Waals surface area contributed by atoms with Crippen LogP contribution in [-0.4, -0.2) is 15.3 Å². The van der Waals surface area contributed by atoms with Gasteiger partial charge in [-0.3, -0.25) is 4.68 Å². The van der Waals surface area contributed by atoms with Crippen LogP contribution in [0.15, 0.2) is 12.7 Å². The molecule has 1 aromatic heterocycles. The van der Waals surface area contributed by atoms with Crippen molar-refractivity contribution >= 4 is 0 Å². The van der Waals surface area contributed by atoms with Crippen molar-refractivity contribution in [2.75, 3.05) is 0 Å². The summed E-state index contributed by atoms with van der Waals surface area (Å²) in [7, 11) is 0. The lowest BCUT2D eigenvalue weighted by molar-refractivity contribution is 0.423. The normalized spacial score (nSPS) is 11.8. The number of unbranched alkanes of at least 4 members (excludes halogenated alkanes) is 1. The zero-order chi connectivity index (χ0) is 13.8. The largest absolute Gasteiger partial charge is 0.308 e. The lowest BCUT2D eigenvalue weighted by Crippen LogP contribution is -2.35. The third-order valence-electron chi connectivity index (χ3n) is 3.11. The molecule has 0 unspecified atom stereocenters. The van der Waals surface area contributed by atoms with E-state index in [4.69, 9.17) is 0 Å². The molecular weight excluding hydrogens is 222 g/mol. The zero-order valence-electron chi connectivity index (χ0n) is 12.5. The fourth-order valence-electron chi connectivity index (χ4n) is 1.95. The monoisotopic (exact) mass is 249 g/mol. The van der Waals surface area contributed by atoms with E-state index in [0.717, 1.165) is 31.6 Å². The second-order valence-corrected chi connectivity index (χ2v) is 5.91. The first-order valence-electron chi connectivity index (χ1n) is 6.74. The summed E-state index contributed by atoms with van der Waals surface area (Å²) in [5.41, 5.74) is 3.91. The van der Waals surface area contributed by atoms with Gasteiger partial charge in [0.15, 0.2) is 0 Å². The molecule has 1 heterocycles. The molecule has 0 atom stereocenters. The molecule has 0 bridgehead atoms. The van der Waals surface area contributed by atoms with Crippen LogP contribution in [0.5, 0.6) is 0 Å². The van der Waals surface area contributed by atoms with Crippen molar-refractivity contribution in [2.24, 2.45) is 0 Å². The fourth-order valence-corrected chi connectivity index (χ4v) is 1.95. The summed E-state index contributed by atoms with van der Waals surface area (Å²) in [5, 5.41) is 8.16. The Bertz CT molecular complexity index is 397. The molecule has 0 amide bonds. The summed E-state index contributed by atoms with van der Waals surface area (Å²) in [6, 6.07) is 0. The topological polar surface area (TPSA) is 29.9 Å². The van der Waals surface area contributed by atoms with Gasteiger partial charge < -0.3 is 5.32 Å². The van der Waals surface area contributed by atoms with Gasteiger partial charge in [0, 0.05) is 29.9 Å². The van der Waals surface area contributed by atoms with Crippen LogP contribution < -0.4 is 5.32 Å². The van der Waals surface area contributed by atoms with Crippen molar-refractivity contribution in [3.8, 4) is 0 Å². The summed E-state index contributed by atoms with van der Waals surface area (Å²) in [5.74, 6) is 0. The molecule has 0 saturated carbocycles. The molecule has 1 rings (SSSR count). The van der Waals surface area contributed by atoms with E-state index < -0.39 is 0 Å². The van der Waals surface area contributed by atoms with E-state index in [9.17, 15) is 0 Å². The Morgan fingerprint density at radius 1 is 1.33 bits per heavy atom. The average Bonchev–Trinajstić information content (AvgIpc) is 2.51. The fraction of sp³-hybridized carbons (Fsp3) is 0.667. The number of rotatable bonds is 6. The molecule has 0 aromatic carbocycles. The molecule has 0 aliphatic heterocycles. The number of allylic oxidation sites excluding steroid dienone is 1. The van der Waals surface area contributed by atoms with Crippen molar-refractivity contribution in [3.05, 3.63) is 29.6 Å². The minimum atomic E-state index is 0.143. The van der Waals surface area contributed by atoms with Crippen LogP contribution in [0.2, 0.25) is 0 Å². The number of nitrogens with zero attached hydrogens (tertiary/aromatic N) is 2. The maximum Gasteiger partial charge on any atom is 0.0641 e. The zero-order valence-corrected chi connectivity index (χ0v) is 12.5. The Hall–Kier alpha value is -1.09. The molecule has 0 radical (unpaired) electrons. The van der Waals surface area contributed by atoms with Crippen molar-refractivity contribution in [2.45, 2.75) is 66.1 Å². The third kappa shape index (κ3) is 4.30. The Kier molecular flexibility index (Phi) is 5.15. The summed E-state index contributed by atoms with van der Waals surface area (Å²) in [6.07, 6.45) is 4.12. The molecule has 3 nitrogen and oxygen atoms in total. The second kappa shape index (κ2) is 6.19. The van der Waals surface area contributed by atoms with E-state index >= 15 is 0 Å². The summed E-state index contributed by atoms with van der Waals surface area (Å²) < 4.78 is 2.12. The molecule has 0 aliphatic rings. The van der Waals surface area contributed by atoms with Gasteiger partial charge in [-0.1, -0.05) is 6.08 Å². The van der Waals surface area contributed by atoms with E-state index in [0.29, 0.717) is 0 Å². The first kappa shape index (κ1) is 15.0. The van der Waals surface area contributed by atoms with Crippen LogP contribution in [0.3, 0.4) is 0 Å². The van der Waals surface area contributed by atoms with Gasteiger partial charge >= 0.3 is 0 Å². The van der Waals surface area contributed by atoms with Gasteiger partial charge in [-0.05, 0) is 47.5 Å². The van der Waals surface area contributed by atoms with Gasteiger partial charge in [0.05, 0.1) is 5.69 Å². The van der Waals surface area contributed by atoms with Gasteiger partial charge in [-0.15, -0.1) is 6.58 Å². The number of hydrogen-bond donors (Lipinski definition) is 1. The summed E-state index contributed by atoms with van der Waals surface area (Å²) in [6.45, 7) is 16.4. The quantitative estimate of drug-likeness (QED) is 0.619. The third-order valence-corrected chi connectivity index (χ3v) is 3.11. The number of hydrogen-bond acceptors (Lipinski definition) is 2. The SMILES string of the molecule is C=CCCCn1nc(C)c(CNC(C)(C)C)c1C. The van der Waals surface area contributed by atoms with E-state index in [-0.39, 0.29) is 5.54 Å². The standard InChI is InChI=1S/C15H27N3/c1-7-8-9-10-18-13(3)14(12(2)17-18)11-16-15(4,5)6/h7,16H,1,8-11H2,2-6H3. The highest BCUT2D eigenvalue weighted by atomic mass is 15.3. The molecule has 102 valence electrons. The molecule has 0 spiro atoms. The smallest absolute Gasteiger partial charge is 0.0641 e. The lowest BCUT2D eigenvalue weighted by atomic mass is 10.1. The maximum absolute atomic E-state index is 4.63. The molecule has 3 heteroatoms. The van der Waals surface area contributed by atoms with E-state index in [1.54, 1.807) is 0 Å². The van der Waals surface area contributed by atoms with E-state index in [1.807, 2.05) is 6.08 Å². The highest BCUT2D eigenvalue weighted by Gasteiger charge is 2.14. The average molecular weight is 249 g/mol. The number of nitrogens with one attached hydrogen (secondary N) is 1. The highest BCUT2D eigenvalue weighted by molar-refractivity contribution is 5.24. The van der Waals surface area contributed by atoms with Crippen LogP contribution in [0.1, 0.15) is 50.6 Å². The van der Waals surface area contributed by atoms with Crippen LogP contribution in [0, 0.1) is 13.8 Å². The Labute approximate surface area is 111 Å². The van der Waals surface area contributed by atoms with Gasteiger partial charge in [0.2, 0.25) is 0 Å². The van der Waals surface area contributed by atoms with Crippen LogP contribution >= 0.6 is 0 Å². The predicted molar refractivity (Wildman–Crippen MR) is 77.7 cm³/mol. The van der Waals surface area contributed by atoms with Gasteiger partial charge in [-0.2, -0.15) is 5.10 Å². The molecule has 1 N–H and O–H groups in total. The number of aromatic nitrogens is 2. The van der Waals surface area contributed by atoms with Crippen LogP contribution in [0.4, 0.5) is 0 Å². The van der Waals surface area contributed by atoms with Gasteiger partial charge in [0.25, 0.3) is 0 Å². The highest BCUT2D eigenvalue weighted by Crippen LogP contribution is 2.15. The summed E-state index contributed by atoms with van der Waals surface area (Å²) in [4.78, 5) is 0. The van der Waals surface area contributed by atoms with Crippen molar-refractivity contribution in [1.82, 2.24) is 15.1 Å². The van der Waals surface area contributed by atoms with Crippen LogP contribution in [0.25, 0.3) is 0 Å².